The first-order valence-electron chi connectivity index (χ1n) is 9.19. The monoisotopic (exact) mass is 351 g/mol. The van der Waals surface area contributed by atoms with Gasteiger partial charge in [0, 0.05) is 38.0 Å². The maximum atomic E-state index is 5.99. The average Bonchev–Trinajstić information content (AvgIpc) is 3.41. The number of aromatic nitrogens is 6. The molecule has 3 aromatic rings. The van der Waals surface area contributed by atoms with Crippen molar-refractivity contribution in [1.82, 2.24) is 29.8 Å². The fourth-order valence-electron chi connectivity index (χ4n) is 3.43. The standard InChI is InChI=1S/C18H21N7O/c1-12-10-19-11-17(20-12)26-14-6-8-24(9-7-14)16-5-4-15-21-22-18(13-2-3-13)25(15)23-16/h4-5,10-11,13-14H,2-3,6-9H2,1H3. The molecule has 0 aromatic carbocycles. The van der Waals surface area contributed by atoms with E-state index in [4.69, 9.17) is 9.84 Å². The Labute approximate surface area is 151 Å². The van der Waals surface area contributed by atoms with Gasteiger partial charge < -0.3 is 9.64 Å². The predicted molar refractivity (Wildman–Crippen MR) is 95.4 cm³/mol. The molecule has 0 unspecified atom stereocenters. The minimum atomic E-state index is 0.169. The van der Waals surface area contributed by atoms with Crippen LogP contribution in [0.4, 0.5) is 5.82 Å². The number of rotatable bonds is 4. The van der Waals surface area contributed by atoms with E-state index >= 15 is 0 Å². The summed E-state index contributed by atoms with van der Waals surface area (Å²) >= 11 is 0. The van der Waals surface area contributed by atoms with Crippen molar-refractivity contribution in [1.29, 1.82) is 0 Å². The normalized spacial score (nSPS) is 18.4. The molecule has 8 heteroatoms. The minimum absolute atomic E-state index is 0.169. The molecule has 8 nitrogen and oxygen atoms in total. The van der Waals surface area contributed by atoms with Gasteiger partial charge in [0.1, 0.15) is 11.9 Å². The lowest BCUT2D eigenvalue weighted by atomic mass is 10.1. The molecule has 0 spiro atoms. The van der Waals surface area contributed by atoms with Crippen LogP contribution in [0.2, 0.25) is 0 Å². The average molecular weight is 351 g/mol. The quantitative estimate of drug-likeness (QED) is 0.712. The van der Waals surface area contributed by atoms with Gasteiger partial charge in [0.15, 0.2) is 11.5 Å². The highest BCUT2D eigenvalue weighted by Crippen LogP contribution is 2.38. The number of hydrogen-bond acceptors (Lipinski definition) is 7. The van der Waals surface area contributed by atoms with Gasteiger partial charge >= 0.3 is 0 Å². The van der Waals surface area contributed by atoms with E-state index in [9.17, 15) is 0 Å². The second-order valence-corrected chi connectivity index (χ2v) is 7.10. The highest BCUT2D eigenvalue weighted by atomic mass is 16.5. The largest absolute Gasteiger partial charge is 0.473 e. The van der Waals surface area contributed by atoms with E-state index in [0.717, 1.165) is 48.9 Å². The van der Waals surface area contributed by atoms with Gasteiger partial charge in [-0.3, -0.25) is 4.98 Å². The Bertz CT molecular complexity index is 928. The molecule has 1 aliphatic carbocycles. The Morgan fingerprint density at radius 3 is 2.65 bits per heavy atom. The van der Waals surface area contributed by atoms with Gasteiger partial charge in [-0.2, -0.15) is 4.52 Å². The van der Waals surface area contributed by atoms with E-state index in [1.54, 1.807) is 12.4 Å². The molecule has 0 amide bonds. The molecule has 0 bridgehead atoms. The van der Waals surface area contributed by atoms with E-state index in [-0.39, 0.29) is 6.10 Å². The predicted octanol–water partition coefficient (Wildman–Crippen LogP) is 2.15. The van der Waals surface area contributed by atoms with Crippen molar-refractivity contribution in [2.45, 2.75) is 44.6 Å². The number of piperidine rings is 1. The number of anilines is 1. The molecule has 26 heavy (non-hydrogen) atoms. The summed E-state index contributed by atoms with van der Waals surface area (Å²) in [6.45, 7) is 3.73. The van der Waals surface area contributed by atoms with E-state index < -0.39 is 0 Å². The topological polar surface area (TPSA) is 81.3 Å². The Hall–Kier alpha value is -2.77. The first-order valence-corrected chi connectivity index (χ1v) is 9.19. The molecule has 134 valence electrons. The molecular formula is C18H21N7O. The molecule has 0 N–H and O–H groups in total. The van der Waals surface area contributed by atoms with Crippen LogP contribution < -0.4 is 9.64 Å². The van der Waals surface area contributed by atoms with E-state index in [1.165, 1.54) is 12.8 Å². The van der Waals surface area contributed by atoms with Crippen molar-refractivity contribution in [3.8, 4) is 5.88 Å². The molecule has 3 aromatic heterocycles. The van der Waals surface area contributed by atoms with Gasteiger partial charge in [-0.05, 0) is 31.9 Å². The Kier molecular flexibility index (Phi) is 3.69. The maximum Gasteiger partial charge on any atom is 0.232 e. The van der Waals surface area contributed by atoms with Crippen molar-refractivity contribution < 1.29 is 4.74 Å². The number of ether oxygens (including phenoxy) is 1. The molecule has 2 aliphatic rings. The third-order valence-electron chi connectivity index (χ3n) is 5.00. The van der Waals surface area contributed by atoms with Gasteiger partial charge in [-0.15, -0.1) is 15.3 Å². The molecule has 0 radical (unpaired) electrons. The van der Waals surface area contributed by atoms with Crippen LogP contribution in [-0.2, 0) is 0 Å². The fraction of sp³-hybridized carbons (Fsp3) is 0.500. The number of fused-ring (bicyclic) bond motifs is 1. The summed E-state index contributed by atoms with van der Waals surface area (Å²) in [5.41, 5.74) is 1.70. The van der Waals surface area contributed by atoms with Crippen LogP contribution in [-0.4, -0.2) is 49.0 Å². The third kappa shape index (κ3) is 2.95. The molecule has 1 saturated carbocycles. The number of hydrogen-bond donors (Lipinski definition) is 0. The fourth-order valence-corrected chi connectivity index (χ4v) is 3.43. The zero-order valence-corrected chi connectivity index (χ0v) is 14.7. The van der Waals surface area contributed by atoms with Gasteiger partial charge in [0.05, 0.1) is 11.9 Å². The van der Waals surface area contributed by atoms with Crippen LogP contribution in [0.25, 0.3) is 5.65 Å². The van der Waals surface area contributed by atoms with Crippen LogP contribution in [0, 0.1) is 6.92 Å². The zero-order valence-electron chi connectivity index (χ0n) is 14.7. The van der Waals surface area contributed by atoms with Gasteiger partial charge in [-0.1, -0.05) is 0 Å². The third-order valence-corrected chi connectivity index (χ3v) is 5.00. The lowest BCUT2D eigenvalue weighted by Crippen LogP contribution is -2.39. The van der Waals surface area contributed by atoms with Crippen molar-refractivity contribution in [3.05, 3.63) is 36.0 Å². The molecule has 0 atom stereocenters. The van der Waals surface area contributed by atoms with Crippen LogP contribution in [0.5, 0.6) is 5.88 Å². The summed E-state index contributed by atoms with van der Waals surface area (Å²) in [5, 5.41) is 13.3. The molecule has 1 saturated heterocycles. The summed E-state index contributed by atoms with van der Waals surface area (Å²) in [5.74, 6) is 3.12. The van der Waals surface area contributed by atoms with Crippen molar-refractivity contribution in [3.63, 3.8) is 0 Å². The molecule has 4 heterocycles. The Morgan fingerprint density at radius 2 is 1.88 bits per heavy atom. The van der Waals surface area contributed by atoms with Gasteiger partial charge in [0.25, 0.3) is 0 Å². The van der Waals surface area contributed by atoms with Crippen molar-refractivity contribution in [2.75, 3.05) is 18.0 Å². The van der Waals surface area contributed by atoms with Crippen molar-refractivity contribution >= 4 is 11.5 Å². The Balaban J connectivity index is 1.27. The van der Waals surface area contributed by atoms with Crippen molar-refractivity contribution in [2.24, 2.45) is 0 Å². The zero-order chi connectivity index (χ0) is 17.5. The van der Waals surface area contributed by atoms with E-state index in [0.29, 0.717) is 11.8 Å². The summed E-state index contributed by atoms with van der Waals surface area (Å²) in [6.07, 6.45) is 7.84. The molecule has 5 rings (SSSR count). The summed E-state index contributed by atoms with van der Waals surface area (Å²) in [7, 11) is 0. The van der Waals surface area contributed by atoms with Crippen LogP contribution in [0.1, 0.15) is 43.1 Å². The van der Waals surface area contributed by atoms with E-state index in [1.807, 2.05) is 23.6 Å². The second kappa shape index (κ2) is 6.19. The number of nitrogens with zero attached hydrogens (tertiary/aromatic N) is 7. The summed E-state index contributed by atoms with van der Waals surface area (Å²) < 4.78 is 7.91. The smallest absolute Gasteiger partial charge is 0.232 e. The number of aryl methyl sites for hydroxylation is 1. The van der Waals surface area contributed by atoms with E-state index in [2.05, 4.69) is 25.1 Å². The van der Waals surface area contributed by atoms with Crippen LogP contribution in [0.3, 0.4) is 0 Å². The molecule has 2 fully saturated rings. The highest BCUT2D eigenvalue weighted by Gasteiger charge is 2.30. The Morgan fingerprint density at radius 1 is 1.04 bits per heavy atom. The minimum Gasteiger partial charge on any atom is -0.473 e. The lowest BCUT2D eigenvalue weighted by Gasteiger charge is -2.32. The first kappa shape index (κ1) is 15.5. The lowest BCUT2D eigenvalue weighted by molar-refractivity contribution is 0.162. The first-order chi connectivity index (χ1) is 12.8. The van der Waals surface area contributed by atoms with Gasteiger partial charge in [0.2, 0.25) is 5.88 Å². The van der Waals surface area contributed by atoms with Crippen LogP contribution >= 0.6 is 0 Å². The van der Waals surface area contributed by atoms with Gasteiger partial charge in [-0.25, -0.2) is 4.98 Å². The molecule has 1 aliphatic heterocycles. The SMILES string of the molecule is Cc1cncc(OC2CCN(c3ccc4nnc(C5CC5)n4n3)CC2)n1. The second-order valence-electron chi connectivity index (χ2n) is 7.10. The highest BCUT2D eigenvalue weighted by molar-refractivity contribution is 5.46. The maximum absolute atomic E-state index is 5.99. The summed E-state index contributed by atoms with van der Waals surface area (Å²) in [4.78, 5) is 10.8. The summed E-state index contributed by atoms with van der Waals surface area (Å²) in [6, 6.07) is 4.04. The molecular weight excluding hydrogens is 330 g/mol. The van der Waals surface area contributed by atoms with Crippen LogP contribution in [0.15, 0.2) is 24.5 Å².